The maximum atomic E-state index is 12.2. The first-order chi connectivity index (χ1) is 7.03. The highest BCUT2D eigenvalue weighted by Gasteiger charge is 2.41. The van der Waals surface area contributed by atoms with Gasteiger partial charge in [0, 0.05) is 12.6 Å². The third-order valence-electron chi connectivity index (χ3n) is 3.86. The van der Waals surface area contributed by atoms with Gasteiger partial charge in [0.25, 0.3) is 0 Å². The second-order valence-electron chi connectivity index (χ2n) is 5.10. The van der Waals surface area contributed by atoms with Crippen LogP contribution in [0.3, 0.4) is 0 Å². The van der Waals surface area contributed by atoms with Crippen molar-refractivity contribution in [3.8, 4) is 0 Å². The molecule has 0 aromatic heterocycles. The standard InChI is InChI=1S/C11H21NO2S/c1-9(2)15(13,14)12-8-4-6-10-5-3-7-11(10)12/h9-11H,3-8H2,1-2H3. The molecule has 2 atom stereocenters. The summed E-state index contributed by atoms with van der Waals surface area (Å²) < 4.78 is 26.1. The van der Waals surface area contributed by atoms with Gasteiger partial charge in [0.2, 0.25) is 10.0 Å². The van der Waals surface area contributed by atoms with Gasteiger partial charge in [-0.1, -0.05) is 6.42 Å². The Bertz CT molecular complexity index is 323. The molecule has 0 spiro atoms. The summed E-state index contributed by atoms with van der Waals surface area (Å²) >= 11 is 0. The van der Waals surface area contributed by atoms with Crippen LogP contribution in [-0.4, -0.2) is 30.6 Å². The molecule has 2 unspecified atom stereocenters. The molecular formula is C11H21NO2S. The van der Waals surface area contributed by atoms with E-state index < -0.39 is 10.0 Å². The third kappa shape index (κ3) is 1.94. The highest BCUT2D eigenvalue weighted by molar-refractivity contribution is 7.89. The first-order valence-electron chi connectivity index (χ1n) is 6.04. The molecule has 1 aliphatic heterocycles. The molecule has 3 nitrogen and oxygen atoms in total. The van der Waals surface area contributed by atoms with Gasteiger partial charge < -0.3 is 0 Å². The van der Waals surface area contributed by atoms with Crippen LogP contribution in [0.25, 0.3) is 0 Å². The number of fused-ring (bicyclic) bond motifs is 1. The fraction of sp³-hybridized carbons (Fsp3) is 1.00. The molecule has 0 bridgehead atoms. The number of rotatable bonds is 2. The van der Waals surface area contributed by atoms with Gasteiger partial charge in [-0.05, 0) is 45.4 Å². The van der Waals surface area contributed by atoms with E-state index in [0.29, 0.717) is 12.0 Å². The molecule has 1 aliphatic carbocycles. The van der Waals surface area contributed by atoms with Crippen molar-refractivity contribution >= 4 is 10.0 Å². The highest BCUT2D eigenvalue weighted by Crippen LogP contribution is 2.38. The van der Waals surface area contributed by atoms with Gasteiger partial charge in [-0.25, -0.2) is 8.42 Å². The van der Waals surface area contributed by atoms with Gasteiger partial charge in [0.1, 0.15) is 0 Å². The average Bonchev–Trinajstić information content (AvgIpc) is 2.64. The van der Waals surface area contributed by atoms with E-state index in [1.807, 2.05) is 0 Å². The van der Waals surface area contributed by atoms with Crippen molar-refractivity contribution < 1.29 is 8.42 Å². The van der Waals surface area contributed by atoms with Crippen LogP contribution in [0.5, 0.6) is 0 Å². The van der Waals surface area contributed by atoms with Gasteiger partial charge in [-0.15, -0.1) is 0 Å². The van der Waals surface area contributed by atoms with Crippen molar-refractivity contribution in [3.63, 3.8) is 0 Å². The van der Waals surface area contributed by atoms with E-state index in [2.05, 4.69) is 0 Å². The number of nitrogens with zero attached hydrogens (tertiary/aromatic N) is 1. The molecular weight excluding hydrogens is 210 g/mol. The van der Waals surface area contributed by atoms with Crippen molar-refractivity contribution in [1.82, 2.24) is 4.31 Å². The van der Waals surface area contributed by atoms with E-state index in [4.69, 9.17) is 0 Å². The Morgan fingerprint density at radius 3 is 2.47 bits per heavy atom. The molecule has 0 aromatic rings. The molecule has 1 saturated carbocycles. The second kappa shape index (κ2) is 4.06. The Balaban J connectivity index is 2.21. The topological polar surface area (TPSA) is 37.4 Å². The Labute approximate surface area is 92.9 Å². The first kappa shape index (κ1) is 11.4. The van der Waals surface area contributed by atoms with Gasteiger partial charge in [-0.2, -0.15) is 4.31 Å². The highest BCUT2D eigenvalue weighted by atomic mass is 32.2. The van der Waals surface area contributed by atoms with Gasteiger partial charge in [0.05, 0.1) is 5.25 Å². The summed E-state index contributed by atoms with van der Waals surface area (Å²) in [4.78, 5) is 0. The number of piperidine rings is 1. The lowest BCUT2D eigenvalue weighted by atomic mass is 9.94. The SMILES string of the molecule is CC(C)S(=O)(=O)N1CCCC2CCCC21. The molecule has 88 valence electrons. The maximum absolute atomic E-state index is 12.2. The molecule has 2 aliphatic rings. The van der Waals surface area contributed by atoms with E-state index in [1.165, 1.54) is 19.3 Å². The van der Waals surface area contributed by atoms with Crippen LogP contribution in [0, 0.1) is 5.92 Å². The average molecular weight is 231 g/mol. The van der Waals surface area contributed by atoms with Crippen LogP contribution in [0.1, 0.15) is 46.0 Å². The molecule has 15 heavy (non-hydrogen) atoms. The number of sulfonamides is 1. The van der Waals surface area contributed by atoms with Gasteiger partial charge >= 0.3 is 0 Å². The minimum Gasteiger partial charge on any atom is -0.212 e. The van der Waals surface area contributed by atoms with Crippen LogP contribution < -0.4 is 0 Å². The van der Waals surface area contributed by atoms with Crippen molar-refractivity contribution in [2.45, 2.75) is 57.2 Å². The Kier molecular flexibility index (Phi) is 3.08. The summed E-state index contributed by atoms with van der Waals surface area (Å²) in [5.41, 5.74) is 0. The molecule has 0 amide bonds. The summed E-state index contributed by atoms with van der Waals surface area (Å²) in [6, 6.07) is 0.325. The summed E-state index contributed by atoms with van der Waals surface area (Å²) in [6.07, 6.45) is 5.80. The largest absolute Gasteiger partial charge is 0.216 e. The Morgan fingerprint density at radius 1 is 1.13 bits per heavy atom. The third-order valence-corrected chi connectivity index (χ3v) is 6.16. The zero-order valence-corrected chi connectivity index (χ0v) is 10.5. The molecule has 1 heterocycles. The van der Waals surface area contributed by atoms with E-state index in [0.717, 1.165) is 19.4 Å². The predicted octanol–water partition coefficient (Wildman–Crippen LogP) is 1.99. The monoisotopic (exact) mass is 231 g/mol. The molecule has 4 heteroatoms. The van der Waals surface area contributed by atoms with Gasteiger partial charge in [-0.3, -0.25) is 0 Å². The fourth-order valence-electron chi connectivity index (χ4n) is 3.00. The molecule has 2 fully saturated rings. The van der Waals surface area contributed by atoms with E-state index >= 15 is 0 Å². The predicted molar refractivity (Wildman–Crippen MR) is 61.1 cm³/mol. The summed E-state index contributed by atoms with van der Waals surface area (Å²) in [6.45, 7) is 4.32. The van der Waals surface area contributed by atoms with Crippen molar-refractivity contribution in [1.29, 1.82) is 0 Å². The van der Waals surface area contributed by atoms with Crippen LogP contribution in [0.15, 0.2) is 0 Å². The summed E-state index contributed by atoms with van der Waals surface area (Å²) in [5, 5.41) is -0.267. The van der Waals surface area contributed by atoms with E-state index in [-0.39, 0.29) is 5.25 Å². The van der Waals surface area contributed by atoms with E-state index in [1.54, 1.807) is 18.2 Å². The fourth-order valence-corrected chi connectivity index (χ4v) is 4.58. The lowest BCUT2D eigenvalue weighted by Gasteiger charge is -2.37. The minimum atomic E-state index is -3.02. The first-order valence-corrected chi connectivity index (χ1v) is 7.54. The van der Waals surface area contributed by atoms with Crippen LogP contribution in [0.2, 0.25) is 0 Å². The zero-order valence-electron chi connectivity index (χ0n) is 9.65. The second-order valence-corrected chi connectivity index (χ2v) is 7.55. The van der Waals surface area contributed by atoms with Crippen molar-refractivity contribution in [3.05, 3.63) is 0 Å². The molecule has 0 N–H and O–H groups in total. The molecule has 1 saturated heterocycles. The molecule has 0 radical (unpaired) electrons. The Morgan fingerprint density at radius 2 is 1.80 bits per heavy atom. The smallest absolute Gasteiger partial charge is 0.212 e. The van der Waals surface area contributed by atoms with Crippen LogP contribution >= 0.6 is 0 Å². The normalized spacial score (nSPS) is 33.3. The zero-order chi connectivity index (χ0) is 11.1. The maximum Gasteiger partial charge on any atom is 0.216 e. The van der Waals surface area contributed by atoms with Gasteiger partial charge in [0.15, 0.2) is 0 Å². The number of hydrogen-bond acceptors (Lipinski definition) is 2. The molecule has 0 aromatic carbocycles. The van der Waals surface area contributed by atoms with E-state index in [9.17, 15) is 8.42 Å². The van der Waals surface area contributed by atoms with Crippen molar-refractivity contribution in [2.24, 2.45) is 5.92 Å². The summed E-state index contributed by atoms with van der Waals surface area (Å²) in [7, 11) is -3.02. The minimum absolute atomic E-state index is 0.267. The lowest BCUT2D eigenvalue weighted by molar-refractivity contribution is 0.201. The lowest BCUT2D eigenvalue weighted by Crippen LogP contribution is -2.48. The Hall–Kier alpha value is -0.0900. The van der Waals surface area contributed by atoms with Crippen LogP contribution in [0.4, 0.5) is 0 Å². The van der Waals surface area contributed by atoms with Crippen molar-refractivity contribution in [2.75, 3.05) is 6.54 Å². The quantitative estimate of drug-likeness (QED) is 0.729. The molecule has 2 rings (SSSR count). The number of hydrogen-bond donors (Lipinski definition) is 0. The van der Waals surface area contributed by atoms with Crippen LogP contribution in [-0.2, 0) is 10.0 Å². The summed E-state index contributed by atoms with van der Waals surface area (Å²) in [5.74, 6) is 0.646.